The summed E-state index contributed by atoms with van der Waals surface area (Å²) < 4.78 is 7.87. The first-order valence-corrected chi connectivity index (χ1v) is 10.2. The molecule has 0 saturated carbocycles. The zero-order valence-corrected chi connectivity index (χ0v) is 17.1. The summed E-state index contributed by atoms with van der Waals surface area (Å²) in [6.07, 6.45) is 9.31. The number of nitrogens with one attached hydrogen (secondary N) is 1. The average molecular weight is 416 g/mol. The van der Waals surface area contributed by atoms with Crippen LogP contribution in [0.1, 0.15) is 34.8 Å². The summed E-state index contributed by atoms with van der Waals surface area (Å²) >= 11 is 5.74. The maximum Gasteiger partial charge on any atom is 0.170 e. The lowest BCUT2D eigenvalue weighted by atomic mass is 10.0. The molecule has 150 valence electrons. The third kappa shape index (κ3) is 3.59. The molecule has 1 saturated heterocycles. The Bertz CT molecular complexity index is 1110. The summed E-state index contributed by atoms with van der Waals surface area (Å²) in [6.45, 7) is 1.33. The van der Waals surface area contributed by atoms with E-state index in [0.29, 0.717) is 11.7 Å². The van der Waals surface area contributed by atoms with Gasteiger partial charge in [0.25, 0.3) is 0 Å². The zero-order valence-electron chi connectivity index (χ0n) is 16.3. The molecular weight excluding hydrogens is 394 g/mol. The predicted octanol–water partition coefficient (Wildman–Crippen LogP) is 4.09. The molecular formula is C23H21N5OS. The van der Waals surface area contributed by atoms with Crippen molar-refractivity contribution in [2.24, 2.45) is 0 Å². The zero-order chi connectivity index (χ0) is 20.3. The van der Waals surface area contributed by atoms with Crippen molar-refractivity contribution < 1.29 is 4.42 Å². The lowest BCUT2D eigenvalue weighted by Gasteiger charge is -2.28. The molecule has 0 amide bonds. The fourth-order valence-electron chi connectivity index (χ4n) is 4.00. The number of rotatable bonds is 6. The van der Waals surface area contributed by atoms with E-state index in [1.54, 1.807) is 12.5 Å². The Labute approximate surface area is 180 Å². The fraction of sp³-hybridized carbons (Fsp3) is 0.174. The fourth-order valence-corrected chi connectivity index (χ4v) is 4.30. The molecule has 0 radical (unpaired) electrons. The Hall–Kier alpha value is -3.45. The van der Waals surface area contributed by atoms with Gasteiger partial charge >= 0.3 is 0 Å². The van der Waals surface area contributed by atoms with Gasteiger partial charge in [-0.05, 0) is 60.2 Å². The lowest BCUT2D eigenvalue weighted by Crippen LogP contribution is -2.30. The van der Waals surface area contributed by atoms with Crippen LogP contribution in [-0.2, 0) is 13.1 Å². The van der Waals surface area contributed by atoms with Crippen molar-refractivity contribution in [3.63, 3.8) is 0 Å². The summed E-state index contributed by atoms with van der Waals surface area (Å²) in [7, 11) is 0. The van der Waals surface area contributed by atoms with Crippen molar-refractivity contribution in [2.75, 3.05) is 0 Å². The number of thiocarbonyl (C=S) groups is 1. The van der Waals surface area contributed by atoms with Crippen LogP contribution in [0.25, 0.3) is 0 Å². The third-order valence-corrected chi connectivity index (χ3v) is 5.70. The molecule has 0 bridgehead atoms. The van der Waals surface area contributed by atoms with Gasteiger partial charge in [0.15, 0.2) is 5.11 Å². The molecule has 0 aromatic carbocycles. The minimum absolute atomic E-state index is 0.0239. The standard InChI is InChI=1S/C23H21N5OS/c30-23-26-21(19-8-1-2-11-25-19)22(28(23)16-18-7-5-13-29-18)20-9-4-12-27(20)15-17-6-3-10-24-14-17/h1-14,21-22H,15-16H2,(H,26,30)/t21-,22-/m0/s1. The number of pyridine rings is 2. The van der Waals surface area contributed by atoms with Gasteiger partial charge in [-0.1, -0.05) is 12.1 Å². The highest BCUT2D eigenvalue weighted by atomic mass is 32.1. The van der Waals surface area contributed by atoms with Crippen LogP contribution >= 0.6 is 12.2 Å². The van der Waals surface area contributed by atoms with E-state index < -0.39 is 0 Å². The van der Waals surface area contributed by atoms with Gasteiger partial charge in [0, 0.05) is 37.0 Å². The highest BCUT2D eigenvalue weighted by Crippen LogP contribution is 2.39. The molecule has 0 aliphatic carbocycles. The molecule has 1 aliphatic rings. The van der Waals surface area contributed by atoms with Gasteiger partial charge in [-0.2, -0.15) is 0 Å². The monoisotopic (exact) mass is 415 g/mol. The van der Waals surface area contributed by atoms with Crippen LogP contribution in [-0.4, -0.2) is 24.5 Å². The molecule has 30 heavy (non-hydrogen) atoms. The number of aromatic nitrogens is 3. The van der Waals surface area contributed by atoms with Crippen LogP contribution in [0.15, 0.2) is 90.1 Å². The van der Waals surface area contributed by atoms with E-state index in [0.717, 1.165) is 29.3 Å². The van der Waals surface area contributed by atoms with Crippen molar-refractivity contribution in [3.05, 3.63) is 108 Å². The Morgan fingerprint density at radius 2 is 1.97 bits per heavy atom. The highest BCUT2D eigenvalue weighted by Gasteiger charge is 2.41. The van der Waals surface area contributed by atoms with E-state index in [4.69, 9.17) is 16.6 Å². The van der Waals surface area contributed by atoms with Gasteiger partial charge in [0.2, 0.25) is 0 Å². The first kappa shape index (κ1) is 18.6. The van der Waals surface area contributed by atoms with Gasteiger partial charge in [0.05, 0.1) is 30.6 Å². The second-order valence-corrected chi connectivity index (χ2v) is 7.64. The summed E-state index contributed by atoms with van der Waals surface area (Å²) in [4.78, 5) is 11.0. The van der Waals surface area contributed by atoms with Crippen molar-refractivity contribution >= 4 is 17.3 Å². The van der Waals surface area contributed by atoms with Crippen LogP contribution in [0, 0.1) is 0 Å². The molecule has 5 heterocycles. The van der Waals surface area contributed by atoms with Crippen LogP contribution in [0.5, 0.6) is 0 Å². The van der Waals surface area contributed by atoms with E-state index in [9.17, 15) is 0 Å². The van der Waals surface area contributed by atoms with E-state index in [1.807, 2.05) is 48.8 Å². The van der Waals surface area contributed by atoms with Crippen molar-refractivity contribution in [3.8, 4) is 0 Å². The first-order valence-electron chi connectivity index (χ1n) is 9.84. The Balaban J connectivity index is 1.54. The van der Waals surface area contributed by atoms with Crippen molar-refractivity contribution in [1.29, 1.82) is 0 Å². The third-order valence-electron chi connectivity index (χ3n) is 5.35. The molecule has 5 rings (SSSR count). The molecule has 0 spiro atoms. The molecule has 0 unspecified atom stereocenters. The molecule has 1 aliphatic heterocycles. The Morgan fingerprint density at radius 3 is 2.73 bits per heavy atom. The largest absolute Gasteiger partial charge is 0.467 e. The number of furan rings is 1. The molecule has 2 atom stereocenters. The van der Waals surface area contributed by atoms with Gasteiger partial charge in [-0.3, -0.25) is 9.97 Å². The van der Waals surface area contributed by atoms with Crippen LogP contribution < -0.4 is 5.32 Å². The van der Waals surface area contributed by atoms with E-state index >= 15 is 0 Å². The van der Waals surface area contributed by atoms with Gasteiger partial charge in [-0.15, -0.1) is 0 Å². The number of nitrogens with zero attached hydrogens (tertiary/aromatic N) is 4. The summed E-state index contributed by atoms with van der Waals surface area (Å²) in [5.74, 6) is 0.871. The van der Waals surface area contributed by atoms with E-state index in [1.165, 1.54) is 0 Å². The van der Waals surface area contributed by atoms with Crippen molar-refractivity contribution in [1.82, 2.24) is 24.8 Å². The first-order chi connectivity index (χ1) is 14.8. The summed E-state index contributed by atoms with van der Waals surface area (Å²) in [5, 5.41) is 4.19. The smallest absolute Gasteiger partial charge is 0.170 e. The van der Waals surface area contributed by atoms with Crippen LogP contribution in [0.2, 0.25) is 0 Å². The van der Waals surface area contributed by atoms with E-state index in [2.05, 4.69) is 49.1 Å². The summed E-state index contributed by atoms with van der Waals surface area (Å²) in [5.41, 5.74) is 3.27. The lowest BCUT2D eigenvalue weighted by molar-refractivity contribution is 0.277. The highest BCUT2D eigenvalue weighted by molar-refractivity contribution is 7.80. The summed E-state index contributed by atoms with van der Waals surface area (Å²) in [6, 6.07) is 18.1. The maximum absolute atomic E-state index is 5.74. The van der Waals surface area contributed by atoms with Gasteiger partial charge < -0.3 is 19.2 Å². The second-order valence-electron chi connectivity index (χ2n) is 7.26. The minimum atomic E-state index is -0.0591. The van der Waals surface area contributed by atoms with Crippen LogP contribution in [0.3, 0.4) is 0 Å². The topological polar surface area (TPSA) is 59.1 Å². The quantitative estimate of drug-likeness (QED) is 0.479. The maximum atomic E-state index is 5.74. The van der Waals surface area contributed by atoms with Gasteiger partial charge in [0.1, 0.15) is 5.76 Å². The van der Waals surface area contributed by atoms with E-state index in [-0.39, 0.29) is 12.1 Å². The van der Waals surface area contributed by atoms with Crippen LogP contribution in [0.4, 0.5) is 0 Å². The molecule has 4 aromatic rings. The molecule has 7 heteroatoms. The normalized spacial score (nSPS) is 18.5. The van der Waals surface area contributed by atoms with Gasteiger partial charge in [-0.25, -0.2) is 0 Å². The molecule has 1 N–H and O–H groups in total. The molecule has 1 fully saturated rings. The number of hydrogen-bond donors (Lipinski definition) is 1. The minimum Gasteiger partial charge on any atom is -0.467 e. The SMILES string of the molecule is S=C1N[C@@H](c2ccccn2)[C@H](c2cccn2Cc2cccnc2)N1Cc1ccco1. The second kappa shape index (κ2) is 8.12. The average Bonchev–Trinajstić information content (AvgIpc) is 3.52. The molecule has 4 aromatic heterocycles. The predicted molar refractivity (Wildman–Crippen MR) is 117 cm³/mol. The van der Waals surface area contributed by atoms with Crippen molar-refractivity contribution in [2.45, 2.75) is 25.2 Å². The molecule has 6 nitrogen and oxygen atoms in total. The Morgan fingerprint density at radius 1 is 1.00 bits per heavy atom. The Kier molecular flexibility index (Phi) is 5.03. The number of hydrogen-bond acceptors (Lipinski definition) is 4.